The predicted molar refractivity (Wildman–Crippen MR) is 38.1 cm³/mol. The first kappa shape index (κ1) is 8.63. The second-order valence-corrected chi connectivity index (χ2v) is 2.57. The van der Waals surface area contributed by atoms with Crippen LogP contribution in [0.4, 0.5) is 0 Å². The summed E-state index contributed by atoms with van der Waals surface area (Å²) in [4.78, 5) is 12.0. The Kier molecular flexibility index (Phi) is 4.32. The maximum atomic E-state index is 9.92. The van der Waals surface area contributed by atoms with Crippen molar-refractivity contribution in [3.63, 3.8) is 0 Å². The van der Waals surface area contributed by atoms with E-state index in [1.165, 1.54) is 0 Å². The summed E-state index contributed by atoms with van der Waals surface area (Å²) in [6, 6.07) is 0. The number of carbonyl (C=O) groups excluding carboxylic acids is 1. The summed E-state index contributed by atoms with van der Waals surface area (Å²) in [6.07, 6.45) is 2.52. The van der Waals surface area contributed by atoms with Crippen LogP contribution in [-0.2, 0) is 4.79 Å². The second kappa shape index (κ2) is 4.50. The van der Waals surface area contributed by atoms with Gasteiger partial charge >= 0.3 is 0 Å². The third kappa shape index (κ3) is 5.50. The summed E-state index contributed by atoms with van der Waals surface area (Å²) >= 11 is 0. The number of hydrogen-bond donors (Lipinski definition) is 0. The molecule has 53 valence electrons. The van der Waals surface area contributed by atoms with Gasteiger partial charge in [0.25, 0.3) is 0 Å². The maximum Gasteiger partial charge on any atom is 0.124 e. The molecule has 0 aromatic heterocycles. The Hall–Kier alpha value is -0.370. The lowest BCUT2D eigenvalue weighted by Gasteiger charge is -2.13. The van der Waals surface area contributed by atoms with Crippen LogP contribution in [0.1, 0.15) is 6.92 Å². The van der Waals surface area contributed by atoms with Crippen LogP contribution in [0, 0.1) is 12.3 Å². The van der Waals surface area contributed by atoms with Crippen molar-refractivity contribution >= 4 is 6.29 Å². The molecule has 0 spiro atoms. The molecule has 0 saturated heterocycles. The maximum absolute atomic E-state index is 9.92. The molecule has 0 heterocycles. The minimum Gasteiger partial charge on any atom is -0.309 e. The van der Waals surface area contributed by atoms with Crippen LogP contribution in [0.3, 0.4) is 0 Å². The zero-order valence-electron chi connectivity index (χ0n) is 6.29. The molecule has 1 atom stereocenters. The Bertz CT molecular complexity index is 81.0. The average molecular weight is 128 g/mol. The highest BCUT2D eigenvalue weighted by Gasteiger charge is 2.00. The van der Waals surface area contributed by atoms with Gasteiger partial charge in [-0.3, -0.25) is 0 Å². The van der Waals surface area contributed by atoms with E-state index in [1.54, 1.807) is 6.42 Å². The van der Waals surface area contributed by atoms with E-state index in [4.69, 9.17) is 0 Å². The average Bonchev–Trinajstić information content (AvgIpc) is 1.63. The lowest BCUT2D eigenvalue weighted by molar-refractivity contribution is -0.105. The van der Waals surface area contributed by atoms with Crippen LogP contribution in [0.2, 0.25) is 0 Å². The van der Waals surface area contributed by atoms with Crippen molar-refractivity contribution in [3.8, 4) is 0 Å². The molecule has 0 amide bonds. The standard InChI is InChI=1S/C7H14NO/c1-7(4-5-9)6-8(2)3/h4-5,7H,6H2,1-3H3. The zero-order valence-corrected chi connectivity index (χ0v) is 6.29. The van der Waals surface area contributed by atoms with Crippen molar-refractivity contribution in [2.24, 2.45) is 5.92 Å². The first-order chi connectivity index (χ1) is 4.16. The first-order valence-electron chi connectivity index (χ1n) is 3.10. The Morgan fingerprint density at radius 3 is 2.44 bits per heavy atom. The molecule has 1 unspecified atom stereocenters. The Balaban J connectivity index is 3.25. The van der Waals surface area contributed by atoms with Gasteiger partial charge < -0.3 is 9.69 Å². The van der Waals surface area contributed by atoms with Gasteiger partial charge in [0, 0.05) is 13.0 Å². The normalized spacial score (nSPS) is 13.8. The molecule has 0 aliphatic heterocycles. The highest BCUT2D eigenvalue weighted by Crippen LogP contribution is 1.97. The van der Waals surface area contributed by atoms with Crippen LogP contribution < -0.4 is 0 Å². The Morgan fingerprint density at radius 2 is 2.11 bits per heavy atom. The lowest BCUT2D eigenvalue weighted by atomic mass is 10.1. The largest absolute Gasteiger partial charge is 0.309 e. The van der Waals surface area contributed by atoms with E-state index in [-0.39, 0.29) is 0 Å². The molecular formula is C7H14NO. The molecule has 9 heavy (non-hydrogen) atoms. The van der Waals surface area contributed by atoms with E-state index < -0.39 is 0 Å². The Labute approximate surface area is 56.9 Å². The van der Waals surface area contributed by atoms with Gasteiger partial charge in [-0.05, 0) is 20.0 Å². The highest BCUT2D eigenvalue weighted by molar-refractivity contribution is 5.61. The van der Waals surface area contributed by atoms with Crippen molar-refractivity contribution in [1.82, 2.24) is 4.90 Å². The fraction of sp³-hybridized carbons (Fsp3) is 0.714. The fourth-order valence-corrected chi connectivity index (χ4v) is 0.771. The third-order valence-electron chi connectivity index (χ3n) is 1.06. The molecule has 0 aliphatic carbocycles. The molecule has 0 aromatic rings. The van der Waals surface area contributed by atoms with Gasteiger partial charge in [-0.1, -0.05) is 6.92 Å². The highest BCUT2D eigenvalue weighted by atomic mass is 16.1. The summed E-state index contributed by atoms with van der Waals surface area (Å²) in [6.45, 7) is 2.97. The number of carbonyl (C=O) groups is 1. The molecule has 0 N–H and O–H groups in total. The summed E-state index contributed by atoms with van der Waals surface area (Å²) in [7, 11) is 3.99. The molecular weight excluding hydrogens is 114 g/mol. The minimum absolute atomic E-state index is 0.373. The van der Waals surface area contributed by atoms with Crippen molar-refractivity contribution < 1.29 is 4.79 Å². The van der Waals surface area contributed by atoms with Gasteiger partial charge in [0.15, 0.2) is 0 Å². The van der Waals surface area contributed by atoms with Crippen LogP contribution in [-0.4, -0.2) is 31.8 Å². The third-order valence-corrected chi connectivity index (χ3v) is 1.06. The van der Waals surface area contributed by atoms with E-state index in [0.29, 0.717) is 5.92 Å². The topological polar surface area (TPSA) is 20.3 Å². The molecule has 0 aliphatic rings. The van der Waals surface area contributed by atoms with E-state index in [1.807, 2.05) is 21.0 Å². The van der Waals surface area contributed by atoms with Crippen molar-refractivity contribution in [2.75, 3.05) is 20.6 Å². The van der Waals surface area contributed by atoms with Crippen LogP contribution in [0.25, 0.3) is 0 Å². The molecule has 2 nitrogen and oxygen atoms in total. The summed E-state index contributed by atoms with van der Waals surface area (Å²) in [5.74, 6) is 0.373. The number of nitrogens with zero attached hydrogens (tertiary/aromatic N) is 1. The minimum atomic E-state index is 0.373. The van der Waals surface area contributed by atoms with E-state index in [9.17, 15) is 4.79 Å². The molecule has 0 bridgehead atoms. The van der Waals surface area contributed by atoms with Crippen LogP contribution in [0.5, 0.6) is 0 Å². The summed E-state index contributed by atoms with van der Waals surface area (Å²) in [5, 5.41) is 0. The molecule has 0 fully saturated rings. The predicted octanol–water partition coefficient (Wildman–Crippen LogP) is 0.587. The summed E-state index contributed by atoms with van der Waals surface area (Å²) < 4.78 is 0. The summed E-state index contributed by atoms with van der Waals surface area (Å²) in [5.41, 5.74) is 0. The van der Waals surface area contributed by atoms with Crippen LogP contribution in [0.15, 0.2) is 0 Å². The SMILES string of the molecule is CC([CH]C=O)CN(C)C. The van der Waals surface area contributed by atoms with Gasteiger partial charge in [-0.15, -0.1) is 0 Å². The van der Waals surface area contributed by atoms with E-state index >= 15 is 0 Å². The quantitative estimate of drug-likeness (QED) is 0.516. The number of aldehydes is 1. The number of rotatable bonds is 4. The van der Waals surface area contributed by atoms with Gasteiger partial charge in [0.05, 0.1) is 0 Å². The monoisotopic (exact) mass is 128 g/mol. The molecule has 0 rings (SSSR count). The smallest absolute Gasteiger partial charge is 0.124 e. The van der Waals surface area contributed by atoms with Gasteiger partial charge in [0.2, 0.25) is 0 Å². The van der Waals surface area contributed by atoms with Gasteiger partial charge in [-0.25, -0.2) is 0 Å². The van der Waals surface area contributed by atoms with Crippen molar-refractivity contribution in [1.29, 1.82) is 0 Å². The zero-order chi connectivity index (χ0) is 7.28. The second-order valence-electron chi connectivity index (χ2n) is 2.57. The Morgan fingerprint density at radius 1 is 1.56 bits per heavy atom. The molecule has 0 saturated carbocycles. The van der Waals surface area contributed by atoms with Gasteiger partial charge in [0.1, 0.15) is 6.29 Å². The molecule has 2 heteroatoms. The lowest BCUT2D eigenvalue weighted by Crippen LogP contribution is -2.20. The molecule has 1 radical (unpaired) electrons. The van der Waals surface area contributed by atoms with E-state index in [2.05, 4.69) is 4.90 Å². The van der Waals surface area contributed by atoms with Gasteiger partial charge in [-0.2, -0.15) is 0 Å². The first-order valence-corrected chi connectivity index (χ1v) is 3.10. The number of hydrogen-bond acceptors (Lipinski definition) is 2. The fourth-order valence-electron chi connectivity index (χ4n) is 0.771. The molecule has 0 aromatic carbocycles. The van der Waals surface area contributed by atoms with Crippen molar-refractivity contribution in [2.45, 2.75) is 6.92 Å². The van der Waals surface area contributed by atoms with E-state index in [0.717, 1.165) is 12.8 Å². The van der Waals surface area contributed by atoms with Crippen LogP contribution >= 0.6 is 0 Å². The van der Waals surface area contributed by atoms with Crippen molar-refractivity contribution in [3.05, 3.63) is 6.42 Å².